The summed E-state index contributed by atoms with van der Waals surface area (Å²) in [5, 5.41) is 17.7. The van der Waals surface area contributed by atoms with E-state index in [1.807, 2.05) is 80.7 Å². The molecule has 1 aliphatic heterocycles. The number of rotatable bonds is 9. The van der Waals surface area contributed by atoms with Crippen molar-refractivity contribution in [3.05, 3.63) is 96.1 Å². The third-order valence-electron chi connectivity index (χ3n) is 8.06. The first-order chi connectivity index (χ1) is 21.2. The summed E-state index contributed by atoms with van der Waals surface area (Å²) in [6.45, 7) is 5.48. The second-order valence-electron chi connectivity index (χ2n) is 11.5. The molecule has 0 saturated carbocycles. The standard InChI is InChI=1S/C35H40N4O5/c1-23-19-39(24(2)22-40)34(41)30-18-27(36-35(42)37-31-11-7-9-26-8-5-6-10-29(26)31)14-17-32(30)44-33(23)21-38(3)20-25-12-15-28(43-4)16-13-25/h5-18,23-24,33,40H,19-22H2,1-4H3,(H2,36,37,42)/t23-,24+,33-/m0/s1. The molecule has 3 amide bonds. The van der Waals surface area contributed by atoms with E-state index in [9.17, 15) is 14.7 Å². The molecular weight excluding hydrogens is 556 g/mol. The van der Waals surface area contributed by atoms with Crippen LogP contribution in [0.5, 0.6) is 11.5 Å². The molecule has 1 heterocycles. The number of hydrogen-bond acceptors (Lipinski definition) is 6. The van der Waals surface area contributed by atoms with E-state index < -0.39 is 6.03 Å². The van der Waals surface area contributed by atoms with E-state index >= 15 is 0 Å². The number of anilines is 2. The average molecular weight is 597 g/mol. The highest BCUT2D eigenvalue weighted by atomic mass is 16.5. The molecule has 3 atom stereocenters. The Labute approximate surface area is 258 Å². The molecule has 0 bridgehead atoms. The SMILES string of the molecule is COc1ccc(CN(C)C[C@@H]2Oc3ccc(NC(=O)Nc4cccc5ccccc45)cc3C(=O)N([C@H](C)CO)C[C@@H]2C)cc1. The van der Waals surface area contributed by atoms with Crippen LogP contribution in [-0.4, -0.2) is 72.8 Å². The Hall–Kier alpha value is -4.60. The molecule has 5 rings (SSSR count). The molecule has 0 aliphatic carbocycles. The molecule has 230 valence electrons. The summed E-state index contributed by atoms with van der Waals surface area (Å²) in [4.78, 5) is 30.7. The van der Waals surface area contributed by atoms with Crippen LogP contribution >= 0.6 is 0 Å². The largest absolute Gasteiger partial charge is 0.497 e. The molecule has 1 aliphatic rings. The summed E-state index contributed by atoms with van der Waals surface area (Å²) >= 11 is 0. The van der Waals surface area contributed by atoms with Gasteiger partial charge in [-0.2, -0.15) is 0 Å². The van der Waals surface area contributed by atoms with Gasteiger partial charge >= 0.3 is 6.03 Å². The summed E-state index contributed by atoms with van der Waals surface area (Å²) in [5.41, 5.74) is 2.62. The number of carbonyl (C=O) groups excluding carboxylic acids is 2. The van der Waals surface area contributed by atoms with Crippen LogP contribution in [0.4, 0.5) is 16.2 Å². The maximum absolute atomic E-state index is 13.8. The zero-order chi connectivity index (χ0) is 31.2. The van der Waals surface area contributed by atoms with Crippen molar-refractivity contribution in [2.24, 2.45) is 5.92 Å². The third-order valence-corrected chi connectivity index (χ3v) is 8.06. The minimum Gasteiger partial charge on any atom is -0.497 e. The Morgan fingerprint density at radius 3 is 2.57 bits per heavy atom. The summed E-state index contributed by atoms with van der Waals surface area (Å²) in [6.07, 6.45) is -0.230. The summed E-state index contributed by atoms with van der Waals surface area (Å²) < 4.78 is 11.8. The van der Waals surface area contributed by atoms with E-state index in [1.54, 1.807) is 30.2 Å². The maximum atomic E-state index is 13.8. The Morgan fingerprint density at radius 2 is 1.82 bits per heavy atom. The minimum absolute atomic E-state index is 0.0105. The molecule has 0 fully saturated rings. The molecule has 0 unspecified atom stereocenters. The molecule has 9 nitrogen and oxygen atoms in total. The summed E-state index contributed by atoms with van der Waals surface area (Å²) in [6, 6.07) is 25.8. The number of likely N-dealkylation sites (N-methyl/N-ethyl adjacent to an activating group) is 1. The van der Waals surface area contributed by atoms with Crippen molar-refractivity contribution in [2.75, 3.05) is 44.5 Å². The number of aliphatic hydroxyl groups excluding tert-OH is 1. The van der Waals surface area contributed by atoms with Gasteiger partial charge in [0.2, 0.25) is 0 Å². The molecule has 9 heteroatoms. The van der Waals surface area contributed by atoms with E-state index in [0.717, 1.165) is 22.1 Å². The van der Waals surface area contributed by atoms with Crippen LogP contribution in [0.1, 0.15) is 29.8 Å². The van der Waals surface area contributed by atoms with Crippen LogP contribution in [-0.2, 0) is 6.54 Å². The maximum Gasteiger partial charge on any atom is 0.323 e. The monoisotopic (exact) mass is 596 g/mol. The zero-order valence-electron chi connectivity index (χ0n) is 25.6. The van der Waals surface area contributed by atoms with Gasteiger partial charge in [0.25, 0.3) is 5.91 Å². The molecule has 4 aromatic rings. The van der Waals surface area contributed by atoms with Crippen molar-refractivity contribution in [3.8, 4) is 11.5 Å². The van der Waals surface area contributed by atoms with E-state index in [0.29, 0.717) is 42.3 Å². The van der Waals surface area contributed by atoms with Gasteiger partial charge < -0.3 is 30.1 Å². The van der Waals surface area contributed by atoms with Crippen molar-refractivity contribution in [1.29, 1.82) is 0 Å². The number of fused-ring (bicyclic) bond motifs is 2. The fourth-order valence-corrected chi connectivity index (χ4v) is 5.55. The average Bonchev–Trinajstić information content (AvgIpc) is 3.03. The van der Waals surface area contributed by atoms with Crippen LogP contribution < -0.4 is 20.1 Å². The third kappa shape index (κ3) is 7.12. The van der Waals surface area contributed by atoms with Gasteiger partial charge in [0.1, 0.15) is 17.6 Å². The topological polar surface area (TPSA) is 103 Å². The smallest absolute Gasteiger partial charge is 0.323 e. The van der Waals surface area contributed by atoms with Gasteiger partial charge in [-0.3, -0.25) is 9.69 Å². The van der Waals surface area contributed by atoms with Gasteiger partial charge in [-0.1, -0.05) is 55.5 Å². The van der Waals surface area contributed by atoms with E-state index in [4.69, 9.17) is 9.47 Å². The summed E-state index contributed by atoms with van der Waals surface area (Å²) in [7, 11) is 3.69. The number of amides is 3. The minimum atomic E-state index is -0.423. The number of methoxy groups -OCH3 is 1. The van der Waals surface area contributed by atoms with Crippen molar-refractivity contribution >= 4 is 34.1 Å². The first-order valence-corrected chi connectivity index (χ1v) is 14.9. The van der Waals surface area contributed by atoms with Crippen molar-refractivity contribution < 1.29 is 24.2 Å². The van der Waals surface area contributed by atoms with Crippen LogP contribution in [0.15, 0.2) is 84.9 Å². The zero-order valence-corrected chi connectivity index (χ0v) is 25.6. The van der Waals surface area contributed by atoms with Crippen molar-refractivity contribution in [3.63, 3.8) is 0 Å². The number of nitrogens with one attached hydrogen (secondary N) is 2. The molecule has 0 radical (unpaired) electrons. The molecular formula is C35H40N4O5. The number of urea groups is 1. The van der Waals surface area contributed by atoms with E-state index in [1.165, 1.54) is 0 Å². The van der Waals surface area contributed by atoms with Gasteiger partial charge in [0.05, 0.1) is 31.0 Å². The van der Waals surface area contributed by atoms with Crippen LogP contribution in [0.3, 0.4) is 0 Å². The lowest BCUT2D eigenvalue weighted by Crippen LogP contribution is -2.49. The van der Waals surface area contributed by atoms with Crippen LogP contribution in [0, 0.1) is 5.92 Å². The Kier molecular flexibility index (Phi) is 9.67. The highest BCUT2D eigenvalue weighted by molar-refractivity contribution is 6.07. The molecule has 0 spiro atoms. The lowest BCUT2D eigenvalue weighted by molar-refractivity contribution is 0.0341. The van der Waals surface area contributed by atoms with Gasteiger partial charge in [-0.25, -0.2) is 4.79 Å². The number of benzene rings is 4. The Balaban J connectivity index is 1.36. The van der Waals surface area contributed by atoms with E-state index in [-0.39, 0.29) is 30.6 Å². The van der Waals surface area contributed by atoms with Crippen LogP contribution in [0.2, 0.25) is 0 Å². The van der Waals surface area contributed by atoms with Crippen molar-refractivity contribution in [2.45, 2.75) is 32.5 Å². The van der Waals surface area contributed by atoms with Gasteiger partial charge in [0, 0.05) is 36.6 Å². The molecule has 4 aromatic carbocycles. The number of aliphatic hydroxyl groups is 1. The highest BCUT2D eigenvalue weighted by Gasteiger charge is 2.33. The van der Waals surface area contributed by atoms with Gasteiger partial charge in [-0.15, -0.1) is 0 Å². The number of carbonyl (C=O) groups is 2. The first kappa shape index (κ1) is 30.8. The molecule has 3 N–H and O–H groups in total. The normalized spacial score (nSPS) is 17.3. The first-order valence-electron chi connectivity index (χ1n) is 14.9. The fraction of sp³-hybridized carbons (Fsp3) is 0.314. The number of nitrogens with zero attached hydrogens (tertiary/aromatic N) is 2. The predicted molar refractivity (Wildman–Crippen MR) is 174 cm³/mol. The van der Waals surface area contributed by atoms with E-state index in [2.05, 4.69) is 22.5 Å². The quantitative estimate of drug-likeness (QED) is 0.224. The Bertz CT molecular complexity index is 1600. The second-order valence-corrected chi connectivity index (χ2v) is 11.5. The highest BCUT2D eigenvalue weighted by Crippen LogP contribution is 2.31. The molecule has 0 aromatic heterocycles. The number of ether oxygens (including phenoxy) is 2. The Morgan fingerprint density at radius 1 is 1.07 bits per heavy atom. The van der Waals surface area contributed by atoms with Crippen molar-refractivity contribution in [1.82, 2.24) is 9.80 Å². The fourth-order valence-electron chi connectivity index (χ4n) is 5.55. The predicted octanol–water partition coefficient (Wildman–Crippen LogP) is 5.84. The second kappa shape index (κ2) is 13.8. The van der Waals surface area contributed by atoms with Gasteiger partial charge in [-0.05, 0) is 61.3 Å². The number of hydrogen-bond donors (Lipinski definition) is 3. The van der Waals surface area contributed by atoms with Crippen LogP contribution in [0.25, 0.3) is 10.8 Å². The summed E-state index contributed by atoms with van der Waals surface area (Å²) in [5.74, 6) is 0.993. The van der Waals surface area contributed by atoms with Gasteiger partial charge in [0.15, 0.2) is 0 Å². The lowest BCUT2D eigenvalue weighted by atomic mass is 9.99. The lowest BCUT2D eigenvalue weighted by Gasteiger charge is -2.38. The molecule has 44 heavy (non-hydrogen) atoms. The molecule has 0 saturated heterocycles.